The number of carbonyl (C=O) groups excluding carboxylic acids is 2. The van der Waals surface area contributed by atoms with Crippen molar-refractivity contribution in [2.24, 2.45) is 0 Å². The Bertz CT molecular complexity index is 266. The number of rotatable bonds is 9. The molecule has 0 aromatic carbocycles. The van der Waals surface area contributed by atoms with Crippen LogP contribution >= 0.6 is 0 Å². The maximum Gasteiger partial charge on any atom is 0.407 e. The quantitative estimate of drug-likeness (QED) is 0.391. The van der Waals surface area contributed by atoms with Crippen LogP contribution in [0.2, 0.25) is 0 Å². The van der Waals surface area contributed by atoms with Gasteiger partial charge in [-0.3, -0.25) is 0 Å². The van der Waals surface area contributed by atoms with Gasteiger partial charge in [0.1, 0.15) is 12.7 Å². The molecule has 0 rings (SSSR count). The van der Waals surface area contributed by atoms with Gasteiger partial charge in [-0.1, -0.05) is 33.3 Å². The molecule has 0 saturated heterocycles. The zero-order valence-electron chi connectivity index (χ0n) is 11.2. The van der Waals surface area contributed by atoms with Crippen molar-refractivity contribution in [1.29, 1.82) is 0 Å². The number of nitrogens with one attached hydrogen (secondary N) is 1. The summed E-state index contributed by atoms with van der Waals surface area (Å²) in [6.07, 6.45) is 3.91. The van der Waals surface area contributed by atoms with E-state index in [4.69, 9.17) is 9.47 Å². The number of hydrogen-bond acceptors (Lipinski definition) is 4. The van der Waals surface area contributed by atoms with Crippen molar-refractivity contribution in [3.05, 3.63) is 12.7 Å². The number of hydrogen-bond donors (Lipinski definition) is 1. The number of amides is 1. The molecule has 0 aliphatic rings. The summed E-state index contributed by atoms with van der Waals surface area (Å²) in [5.74, 6) is -0.514. The van der Waals surface area contributed by atoms with Crippen LogP contribution in [0.4, 0.5) is 4.79 Å². The summed E-state index contributed by atoms with van der Waals surface area (Å²) >= 11 is 0. The molecule has 0 fully saturated rings. The molecule has 104 valence electrons. The molecule has 0 aliphatic carbocycles. The molecule has 0 radical (unpaired) electrons. The van der Waals surface area contributed by atoms with Crippen LogP contribution in [-0.2, 0) is 14.3 Å². The van der Waals surface area contributed by atoms with Gasteiger partial charge in [0, 0.05) is 12.6 Å². The third kappa shape index (κ3) is 8.61. The molecule has 5 nitrogen and oxygen atoms in total. The summed E-state index contributed by atoms with van der Waals surface area (Å²) in [5, 5.41) is 2.66. The molecular weight excluding hydrogens is 234 g/mol. The van der Waals surface area contributed by atoms with Crippen LogP contribution in [0.25, 0.3) is 0 Å². The minimum Gasteiger partial charge on any atom is -0.459 e. The molecule has 0 heterocycles. The number of carbonyl (C=O) groups is 2. The standard InChI is InChI=1S/C13H23NO4/c1-4-7-8-9-14-13(16)18-11(5-2)10-17-12(15)6-3/h6,11H,3-5,7-10H2,1-2H3,(H,14,16). The van der Waals surface area contributed by atoms with Crippen LogP contribution in [0.1, 0.15) is 39.5 Å². The van der Waals surface area contributed by atoms with E-state index in [2.05, 4.69) is 18.8 Å². The van der Waals surface area contributed by atoms with E-state index in [1.807, 2.05) is 6.92 Å². The molecule has 1 N–H and O–H groups in total. The highest BCUT2D eigenvalue weighted by molar-refractivity contribution is 5.81. The fourth-order valence-corrected chi connectivity index (χ4v) is 1.23. The van der Waals surface area contributed by atoms with Gasteiger partial charge < -0.3 is 14.8 Å². The van der Waals surface area contributed by atoms with Gasteiger partial charge in [-0.05, 0) is 12.8 Å². The lowest BCUT2D eigenvalue weighted by atomic mass is 10.2. The van der Waals surface area contributed by atoms with E-state index in [0.29, 0.717) is 13.0 Å². The van der Waals surface area contributed by atoms with Gasteiger partial charge in [0.25, 0.3) is 0 Å². The van der Waals surface area contributed by atoms with Crippen LogP contribution in [0.15, 0.2) is 12.7 Å². The van der Waals surface area contributed by atoms with Crippen molar-refractivity contribution in [2.75, 3.05) is 13.2 Å². The molecule has 0 saturated carbocycles. The normalized spacial score (nSPS) is 11.4. The summed E-state index contributed by atoms with van der Waals surface area (Å²) in [7, 11) is 0. The Morgan fingerprint density at radius 1 is 1.33 bits per heavy atom. The highest BCUT2D eigenvalue weighted by atomic mass is 16.6. The van der Waals surface area contributed by atoms with E-state index in [0.717, 1.165) is 25.3 Å². The maximum absolute atomic E-state index is 11.4. The Morgan fingerprint density at radius 2 is 2.06 bits per heavy atom. The SMILES string of the molecule is C=CC(=O)OCC(CC)OC(=O)NCCCCC. The predicted octanol–water partition coefficient (Wildman–Crippen LogP) is 2.41. The fraction of sp³-hybridized carbons (Fsp3) is 0.692. The maximum atomic E-state index is 11.4. The highest BCUT2D eigenvalue weighted by Gasteiger charge is 2.13. The van der Waals surface area contributed by atoms with Gasteiger partial charge >= 0.3 is 12.1 Å². The smallest absolute Gasteiger partial charge is 0.407 e. The van der Waals surface area contributed by atoms with Gasteiger partial charge in [-0.2, -0.15) is 0 Å². The molecule has 0 spiro atoms. The van der Waals surface area contributed by atoms with Crippen molar-refractivity contribution >= 4 is 12.1 Å². The molecule has 0 aromatic rings. The Labute approximate surface area is 109 Å². The summed E-state index contributed by atoms with van der Waals surface area (Å²) in [6, 6.07) is 0. The van der Waals surface area contributed by atoms with Crippen molar-refractivity contribution in [3.8, 4) is 0 Å². The van der Waals surface area contributed by atoms with Crippen LogP contribution in [0.5, 0.6) is 0 Å². The number of alkyl carbamates (subject to hydrolysis) is 1. The first kappa shape index (κ1) is 16.5. The highest BCUT2D eigenvalue weighted by Crippen LogP contribution is 2.00. The Kier molecular flexibility index (Phi) is 9.73. The molecular formula is C13H23NO4. The zero-order valence-corrected chi connectivity index (χ0v) is 11.2. The lowest BCUT2D eigenvalue weighted by Gasteiger charge is -2.16. The molecule has 0 bridgehead atoms. The van der Waals surface area contributed by atoms with Crippen molar-refractivity contribution in [3.63, 3.8) is 0 Å². The first-order chi connectivity index (χ1) is 8.63. The van der Waals surface area contributed by atoms with Gasteiger partial charge in [0.05, 0.1) is 0 Å². The average Bonchev–Trinajstić information content (AvgIpc) is 2.39. The monoisotopic (exact) mass is 257 g/mol. The molecule has 0 aromatic heterocycles. The van der Waals surface area contributed by atoms with Gasteiger partial charge in [-0.15, -0.1) is 0 Å². The predicted molar refractivity (Wildman–Crippen MR) is 69.2 cm³/mol. The summed E-state index contributed by atoms with van der Waals surface area (Å²) in [4.78, 5) is 22.3. The molecule has 1 unspecified atom stereocenters. The van der Waals surface area contributed by atoms with Gasteiger partial charge in [-0.25, -0.2) is 9.59 Å². The second-order valence-corrected chi connectivity index (χ2v) is 3.90. The van der Waals surface area contributed by atoms with Crippen molar-refractivity contribution < 1.29 is 19.1 Å². The second-order valence-electron chi connectivity index (χ2n) is 3.90. The summed E-state index contributed by atoms with van der Waals surface area (Å²) < 4.78 is 9.94. The molecule has 1 atom stereocenters. The molecule has 18 heavy (non-hydrogen) atoms. The van der Waals surface area contributed by atoms with Crippen molar-refractivity contribution in [2.45, 2.75) is 45.6 Å². The van der Waals surface area contributed by atoms with Crippen LogP contribution in [0.3, 0.4) is 0 Å². The van der Waals surface area contributed by atoms with Crippen molar-refractivity contribution in [1.82, 2.24) is 5.32 Å². The lowest BCUT2D eigenvalue weighted by Crippen LogP contribution is -2.32. The first-order valence-corrected chi connectivity index (χ1v) is 6.37. The average molecular weight is 257 g/mol. The summed E-state index contributed by atoms with van der Waals surface area (Å²) in [6.45, 7) is 7.91. The van der Waals surface area contributed by atoms with E-state index < -0.39 is 18.2 Å². The number of unbranched alkanes of at least 4 members (excludes halogenated alkanes) is 2. The minimum atomic E-state index is -0.514. The number of esters is 1. The van der Waals surface area contributed by atoms with Gasteiger partial charge in [0.2, 0.25) is 0 Å². The minimum absolute atomic E-state index is 0.0593. The van der Waals surface area contributed by atoms with Crippen LogP contribution in [-0.4, -0.2) is 31.3 Å². The van der Waals surface area contributed by atoms with E-state index in [9.17, 15) is 9.59 Å². The Balaban J connectivity index is 3.78. The first-order valence-electron chi connectivity index (χ1n) is 6.37. The fourth-order valence-electron chi connectivity index (χ4n) is 1.23. The van der Waals surface area contributed by atoms with E-state index >= 15 is 0 Å². The lowest BCUT2D eigenvalue weighted by molar-refractivity contribution is -0.140. The topological polar surface area (TPSA) is 64.6 Å². The van der Waals surface area contributed by atoms with E-state index in [1.54, 1.807) is 0 Å². The third-order valence-corrected chi connectivity index (χ3v) is 2.36. The van der Waals surface area contributed by atoms with Crippen LogP contribution < -0.4 is 5.32 Å². The van der Waals surface area contributed by atoms with E-state index in [1.165, 1.54) is 0 Å². The molecule has 0 aliphatic heterocycles. The Morgan fingerprint density at radius 3 is 2.61 bits per heavy atom. The number of ether oxygens (including phenoxy) is 2. The van der Waals surface area contributed by atoms with Gasteiger partial charge in [0.15, 0.2) is 0 Å². The third-order valence-electron chi connectivity index (χ3n) is 2.36. The van der Waals surface area contributed by atoms with E-state index in [-0.39, 0.29) is 6.61 Å². The molecule has 1 amide bonds. The largest absolute Gasteiger partial charge is 0.459 e. The van der Waals surface area contributed by atoms with Crippen LogP contribution in [0, 0.1) is 0 Å². The Hall–Kier alpha value is -1.52. The zero-order chi connectivity index (χ0) is 13.8. The summed E-state index contributed by atoms with van der Waals surface area (Å²) in [5.41, 5.74) is 0. The second kappa shape index (κ2) is 10.6. The molecule has 5 heteroatoms.